The topological polar surface area (TPSA) is 29.3 Å². The van der Waals surface area contributed by atoms with Gasteiger partial charge in [-0.1, -0.05) is 42.5 Å². The van der Waals surface area contributed by atoms with Gasteiger partial charge in [-0.25, -0.2) is 0 Å². The highest BCUT2D eigenvalue weighted by Gasteiger charge is 2.05. The standard InChI is InChI=1S/C16H20N2/c1-18(2)16-6-4-3-5-15(16)14-9-7-13(8-10-14)11-12-17/h3-10H,11-12,17H2,1-2H3. The van der Waals surface area contributed by atoms with Crippen molar-refractivity contribution >= 4 is 5.69 Å². The van der Waals surface area contributed by atoms with E-state index in [4.69, 9.17) is 5.73 Å². The lowest BCUT2D eigenvalue weighted by atomic mass is 10.0. The molecule has 2 nitrogen and oxygen atoms in total. The normalized spacial score (nSPS) is 10.4. The van der Waals surface area contributed by atoms with E-state index in [0.717, 1.165) is 6.42 Å². The Labute approximate surface area is 109 Å². The highest BCUT2D eigenvalue weighted by atomic mass is 15.1. The van der Waals surface area contributed by atoms with Crippen LogP contribution in [0.1, 0.15) is 5.56 Å². The number of benzene rings is 2. The summed E-state index contributed by atoms with van der Waals surface area (Å²) >= 11 is 0. The third-order valence-corrected chi connectivity index (χ3v) is 3.08. The lowest BCUT2D eigenvalue weighted by Crippen LogP contribution is -2.09. The molecule has 0 radical (unpaired) electrons. The molecule has 0 unspecified atom stereocenters. The largest absolute Gasteiger partial charge is 0.377 e. The number of hydrogen-bond donors (Lipinski definition) is 1. The molecule has 2 rings (SSSR count). The van der Waals surface area contributed by atoms with Crippen LogP contribution in [0, 0.1) is 0 Å². The first-order chi connectivity index (χ1) is 8.72. The quantitative estimate of drug-likeness (QED) is 0.890. The van der Waals surface area contributed by atoms with Crippen molar-refractivity contribution < 1.29 is 0 Å². The first-order valence-corrected chi connectivity index (χ1v) is 6.28. The van der Waals surface area contributed by atoms with Crippen LogP contribution in [-0.4, -0.2) is 20.6 Å². The molecule has 2 heteroatoms. The fraction of sp³-hybridized carbons (Fsp3) is 0.250. The van der Waals surface area contributed by atoms with Crippen LogP contribution >= 0.6 is 0 Å². The first-order valence-electron chi connectivity index (χ1n) is 6.28. The molecule has 0 atom stereocenters. The SMILES string of the molecule is CN(C)c1ccccc1-c1ccc(CCN)cc1. The predicted molar refractivity (Wildman–Crippen MR) is 79.0 cm³/mol. The van der Waals surface area contributed by atoms with E-state index in [0.29, 0.717) is 6.54 Å². The summed E-state index contributed by atoms with van der Waals surface area (Å²) in [5, 5.41) is 0. The van der Waals surface area contributed by atoms with E-state index in [1.807, 2.05) is 0 Å². The molecule has 0 amide bonds. The summed E-state index contributed by atoms with van der Waals surface area (Å²) in [4.78, 5) is 2.14. The van der Waals surface area contributed by atoms with E-state index in [2.05, 4.69) is 67.5 Å². The van der Waals surface area contributed by atoms with Gasteiger partial charge in [-0.05, 0) is 30.2 Å². The number of anilines is 1. The summed E-state index contributed by atoms with van der Waals surface area (Å²) in [7, 11) is 4.14. The number of para-hydroxylation sites is 1. The van der Waals surface area contributed by atoms with E-state index in [1.165, 1.54) is 22.4 Å². The maximum atomic E-state index is 5.57. The van der Waals surface area contributed by atoms with Crippen LogP contribution in [0.4, 0.5) is 5.69 Å². The van der Waals surface area contributed by atoms with Crippen LogP contribution in [0.3, 0.4) is 0 Å². The smallest absolute Gasteiger partial charge is 0.0440 e. The van der Waals surface area contributed by atoms with Crippen LogP contribution in [0.2, 0.25) is 0 Å². The highest BCUT2D eigenvalue weighted by Crippen LogP contribution is 2.29. The molecule has 18 heavy (non-hydrogen) atoms. The number of nitrogens with zero attached hydrogens (tertiary/aromatic N) is 1. The van der Waals surface area contributed by atoms with E-state index in [-0.39, 0.29) is 0 Å². The zero-order valence-corrected chi connectivity index (χ0v) is 11.1. The molecule has 0 heterocycles. The van der Waals surface area contributed by atoms with Crippen molar-refractivity contribution in [3.63, 3.8) is 0 Å². The molecular weight excluding hydrogens is 220 g/mol. The summed E-state index contributed by atoms with van der Waals surface area (Å²) in [6.07, 6.45) is 0.940. The monoisotopic (exact) mass is 240 g/mol. The molecular formula is C16H20N2. The van der Waals surface area contributed by atoms with Crippen molar-refractivity contribution in [2.75, 3.05) is 25.5 Å². The lowest BCUT2D eigenvalue weighted by Gasteiger charge is -2.17. The second kappa shape index (κ2) is 5.69. The van der Waals surface area contributed by atoms with Gasteiger partial charge in [-0.3, -0.25) is 0 Å². The lowest BCUT2D eigenvalue weighted by molar-refractivity contribution is 0.969. The number of rotatable bonds is 4. The summed E-state index contributed by atoms with van der Waals surface area (Å²) in [5.74, 6) is 0. The fourth-order valence-electron chi connectivity index (χ4n) is 2.13. The minimum Gasteiger partial charge on any atom is -0.377 e. The average molecular weight is 240 g/mol. The maximum Gasteiger partial charge on any atom is 0.0440 e. The predicted octanol–water partition coefficient (Wildman–Crippen LogP) is 2.92. The molecule has 0 fully saturated rings. The Bertz CT molecular complexity index is 501. The van der Waals surface area contributed by atoms with Gasteiger partial charge in [0.2, 0.25) is 0 Å². The molecule has 0 saturated carbocycles. The van der Waals surface area contributed by atoms with Crippen molar-refractivity contribution in [1.82, 2.24) is 0 Å². The van der Waals surface area contributed by atoms with Gasteiger partial charge < -0.3 is 10.6 Å². The van der Waals surface area contributed by atoms with Gasteiger partial charge in [0.25, 0.3) is 0 Å². The molecule has 0 saturated heterocycles. The van der Waals surface area contributed by atoms with Crippen molar-refractivity contribution in [3.05, 3.63) is 54.1 Å². The first kappa shape index (κ1) is 12.7. The van der Waals surface area contributed by atoms with Crippen molar-refractivity contribution in [3.8, 4) is 11.1 Å². The van der Waals surface area contributed by atoms with Crippen LogP contribution in [0.15, 0.2) is 48.5 Å². The van der Waals surface area contributed by atoms with Gasteiger partial charge in [0.05, 0.1) is 0 Å². The summed E-state index contributed by atoms with van der Waals surface area (Å²) in [6.45, 7) is 0.702. The summed E-state index contributed by atoms with van der Waals surface area (Å²) < 4.78 is 0. The van der Waals surface area contributed by atoms with Gasteiger partial charge in [-0.2, -0.15) is 0 Å². The van der Waals surface area contributed by atoms with Crippen LogP contribution in [0.5, 0.6) is 0 Å². The van der Waals surface area contributed by atoms with E-state index < -0.39 is 0 Å². The molecule has 94 valence electrons. The minimum atomic E-state index is 0.702. The molecule has 2 aromatic carbocycles. The van der Waals surface area contributed by atoms with Gasteiger partial charge >= 0.3 is 0 Å². The van der Waals surface area contributed by atoms with E-state index in [9.17, 15) is 0 Å². The highest BCUT2D eigenvalue weighted by molar-refractivity contribution is 5.78. The van der Waals surface area contributed by atoms with Gasteiger partial charge in [0, 0.05) is 25.3 Å². The Morgan fingerprint density at radius 1 is 0.944 bits per heavy atom. The Morgan fingerprint density at radius 3 is 2.22 bits per heavy atom. The van der Waals surface area contributed by atoms with Crippen molar-refractivity contribution in [2.24, 2.45) is 5.73 Å². The summed E-state index contributed by atoms with van der Waals surface area (Å²) in [6, 6.07) is 17.1. The second-order valence-electron chi connectivity index (χ2n) is 4.65. The molecule has 0 aromatic heterocycles. The fourth-order valence-corrected chi connectivity index (χ4v) is 2.13. The minimum absolute atomic E-state index is 0.702. The Kier molecular flexibility index (Phi) is 4.00. The molecule has 0 bridgehead atoms. The zero-order valence-electron chi connectivity index (χ0n) is 11.1. The number of hydrogen-bond acceptors (Lipinski definition) is 2. The Balaban J connectivity index is 2.36. The Hall–Kier alpha value is -1.80. The molecule has 0 aliphatic heterocycles. The summed E-state index contributed by atoms with van der Waals surface area (Å²) in [5.41, 5.74) is 10.6. The second-order valence-corrected chi connectivity index (χ2v) is 4.65. The molecule has 0 aliphatic rings. The van der Waals surface area contributed by atoms with E-state index in [1.54, 1.807) is 0 Å². The number of nitrogens with two attached hydrogens (primary N) is 1. The van der Waals surface area contributed by atoms with Crippen LogP contribution in [0.25, 0.3) is 11.1 Å². The van der Waals surface area contributed by atoms with E-state index >= 15 is 0 Å². The van der Waals surface area contributed by atoms with Crippen molar-refractivity contribution in [1.29, 1.82) is 0 Å². The van der Waals surface area contributed by atoms with Gasteiger partial charge in [-0.15, -0.1) is 0 Å². The molecule has 0 aliphatic carbocycles. The van der Waals surface area contributed by atoms with Gasteiger partial charge in [0.1, 0.15) is 0 Å². The molecule has 2 aromatic rings. The molecule has 0 spiro atoms. The average Bonchev–Trinajstić information content (AvgIpc) is 2.40. The molecule has 2 N–H and O–H groups in total. The van der Waals surface area contributed by atoms with Crippen LogP contribution in [-0.2, 0) is 6.42 Å². The Morgan fingerprint density at radius 2 is 1.61 bits per heavy atom. The van der Waals surface area contributed by atoms with Crippen LogP contribution < -0.4 is 10.6 Å². The third-order valence-electron chi connectivity index (χ3n) is 3.08. The van der Waals surface area contributed by atoms with Gasteiger partial charge in [0.15, 0.2) is 0 Å². The van der Waals surface area contributed by atoms with Crippen molar-refractivity contribution in [2.45, 2.75) is 6.42 Å². The maximum absolute atomic E-state index is 5.57. The zero-order chi connectivity index (χ0) is 13.0. The third kappa shape index (κ3) is 2.71.